The van der Waals surface area contributed by atoms with E-state index in [0.29, 0.717) is 16.1 Å². The Hall–Kier alpha value is -3.49. The van der Waals surface area contributed by atoms with Gasteiger partial charge in [0.1, 0.15) is 11.4 Å². The Morgan fingerprint density at radius 2 is 1.86 bits per heavy atom. The zero-order valence-electron chi connectivity index (χ0n) is 15.4. The largest absolute Gasteiger partial charge is 0.376 e. The molecule has 2 amide bonds. The van der Waals surface area contributed by atoms with Gasteiger partial charge >= 0.3 is 5.97 Å². The van der Waals surface area contributed by atoms with E-state index in [4.69, 9.17) is 11.6 Å². The Bertz CT molecular complexity index is 1000. The molecule has 0 aliphatic carbocycles. The molecule has 0 bridgehead atoms. The van der Waals surface area contributed by atoms with E-state index in [1.54, 1.807) is 54.6 Å². The Kier molecular flexibility index (Phi) is 6.38. The Balaban J connectivity index is 1.88. The zero-order chi connectivity index (χ0) is 20.8. The van der Waals surface area contributed by atoms with Gasteiger partial charge < -0.3 is 10.2 Å². The van der Waals surface area contributed by atoms with Crippen molar-refractivity contribution >= 4 is 35.1 Å². The highest BCUT2D eigenvalue weighted by Gasteiger charge is 2.26. The summed E-state index contributed by atoms with van der Waals surface area (Å²) in [7, 11) is 1.52. The fourth-order valence-electron chi connectivity index (χ4n) is 2.44. The van der Waals surface area contributed by atoms with Crippen LogP contribution in [0.5, 0.6) is 0 Å². The molecular weight excluding hydrogens is 396 g/mol. The van der Waals surface area contributed by atoms with Crippen LogP contribution in [0, 0.1) is 0 Å². The molecule has 8 nitrogen and oxygen atoms in total. The van der Waals surface area contributed by atoms with Crippen molar-refractivity contribution < 1.29 is 19.2 Å². The first kappa shape index (κ1) is 20.2. The number of likely N-dealkylation sites (N-methyl/N-ethyl adjacent to an activating group) is 1. The first-order chi connectivity index (χ1) is 14.0. The quantitative estimate of drug-likeness (QED) is 0.575. The Morgan fingerprint density at radius 1 is 1.17 bits per heavy atom. The summed E-state index contributed by atoms with van der Waals surface area (Å²) in [5.74, 6) is -1.96. The van der Waals surface area contributed by atoms with Crippen molar-refractivity contribution in [2.45, 2.75) is 6.54 Å². The molecule has 0 aromatic heterocycles. The van der Waals surface area contributed by atoms with Crippen LogP contribution in [0.1, 0.15) is 15.9 Å². The highest BCUT2D eigenvalue weighted by Crippen LogP contribution is 2.14. The standard InChI is InChI=1S/C20H17ClN4O4/c1-25-17(20(28)29-24-25)11-16(23-18(26)13-7-3-2-4-8-13)19(27)22-12-14-9-5-6-10-15(14)21/h2-11,24H,12H2,1H3,(H,22,27)/b17-11+,23-16?. The molecule has 9 heteroatoms. The number of amides is 2. The first-order valence-corrected chi connectivity index (χ1v) is 8.95. The second kappa shape index (κ2) is 9.13. The maximum atomic E-state index is 12.7. The number of carbonyl (C=O) groups excluding carboxylic acids is 3. The number of carbonyl (C=O) groups is 3. The number of nitrogens with one attached hydrogen (secondary N) is 2. The number of rotatable bonds is 5. The van der Waals surface area contributed by atoms with Gasteiger partial charge in [-0.25, -0.2) is 9.79 Å². The molecule has 1 fully saturated rings. The first-order valence-electron chi connectivity index (χ1n) is 8.57. The van der Waals surface area contributed by atoms with Gasteiger partial charge in [0.05, 0.1) is 0 Å². The summed E-state index contributed by atoms with van der Waals surface area (Å²) in [6, 6.07) is 15.3. The van der Waals surface area contributed by atoms with Gasteiger partial charge in [-0.05, 0) is 23.8 Å². The molecule has 29 heavy (non-hydrogen) atoms. The van der Waals surface area contributed by atoms with Crippen LogP contribution in [0.4, 0.5) is 0 Å². The minimum absolute atomic E-state index is 0.0255. The molecule has 1 aliphatic heterocycles. The van der Waals surface area contributed by atoms with Crippen molar-refractivity contribution in [1.29, 1.82) is 0 Å². The molecule has 2 aromatic carbocycles. The van der Waals surface area contributed by atoms with E-state index in [9.17, 15) is 14.4 Å². The average Bonchev–Trinajstić information content (AvgIpc) is 3.05. The highest BCUT2D eigenvalue weighted by atomic mass is 35.5. The third kappa shape index (κ3) is 5.07. The topological polar surface area (TPSA) is 100 Å². The Morgan fingerprint density at radius 3 is 2.52 bits per heavy atom. The molecule has 0 saturated carbocycles. The molecule has 2 aromatic rings. The van der Waals surface area contributed by atoms with E-state index in [-0.39, 0.29) is 18.0 Å². The normalized spacial score (nSPS) is 15.4. The van der Waals surface area contributed by atoms with Gasteiger partial charge in [0.2, 0.25) is 0 Å². The summed E-state index contributed by atoms with van der Waals surface area (Å²) in [5.41, 5.74) is 3.13. The van der Waals surface area contributed by atoms with Gasteiger partial charge in [-0.2, -0.15) is 0 Å². The number of halogens is 1. The molecule has 1 saturated heterocycles. The predicted molar refractivity (Wildman–Crippen MR) is 107 cm³/mol. The number of nitrogens with zero attached hydrogens (tertiary/aromatic N) is 2. The van der Waals surface area contributed by atoms with Gasteiger partial charge in [0, 0.05) is 30.3 Å². The average molecular weight is 413 g/mol. The van der Waals surface area contributed by atoms with E-state index in [2.05, 4.69) is 20.7 Å². The van der Waals surface area contributed by atoms with Crippen molar-refractivity contribution in [1.82, 2.24) is 15.9 Å². The molecule has 1 heterocycles. The lowest BCUT2D eigenvalue weighted by atomic mass is 10.2. The summed E-state index contributed by atoms with van der Waals surface area (Å²) >= 11 is 6.10. The molecule has 0 spiro atoms. The van der Waals surface area contributed by atoms with E-state index >= 15 is 0 Å². The lowest BCUT2D eigenvalue weighted by Crippen LogP contribution is -2.32. The van der Waals surface area contributed by atoms with Crippen LogP contribution in [0.2, 0.25) is 5.02 Å². The second-order valence-corrected chi connectivity index (χ2v) is 6.42. The number of benzene rings is 2. The summed E-state index contributed by atoms with van der Waals surface area (Å²) in [4.78, 5) is 45.6. The fraction of sp³-hybridized carbons (Fsp3) is 0.100. The van der Waals surface area contributed by atoms with Crippen LogP contribution in [-0.4, -0.2) is 35.6 Å². The molecule has 0 atom stereocenters. The van der Waals surface area contributed by atoms with Crippen molar-refractivity contribution in [3.63, 3.8) is 0 Å². The van der Waals surface area contributed by atoms with E-state index in [1.165, 1.54) is 18.1 Å². The van der Waals surface area contributed by atoms with Gasteiger partial charge in [0.25, 0.3) is 11.8 Å². The van der Waals surface area contributed by atoms with Gasteiger partial charge in [-0.15, -0.1) is 0 Å². The molecule has 0 unspecified atom stereocenters. The minimum atomic E-state index is -0.703. The summed E-state index contributed by atoms with van der Waals surface area (Å²) in [6.07, 6.45) is 1.19. The maximum Gasteiger partial charge on any atom is 0.376 e. The van der Waals surface area contributed by atoms with Crippen molar-refractivity contribution in [3.05, 3.63) is 82.5 Å². The van der Waals surface area contributed by atoms with Gasteiger partial charge in [-0.3, -0.25) is 14.6 Å². The predicted octanol–water partition coefficient (Wildman–Crippen LogP) is 2.03. The van der Waals surface area contributed by atoms with Crippen LogP contribution < -0.4 is 10.9 Å². The Labute approximate surface area is 171 Å². The minimum Gasteiger partial charge on any atom is -0.347 e. The maximum absolute atomic E-state index is 12.7. The van der Waals surface area contributed by atoms with Crippen LogP contribution in [-0.2, 0) is 21.0 Å². The zero-order valence-corrected chi connectivity index (χ0v) is 16.1. The molecule has 2 N–H and O–H groups in total. The van der Waals surface area contributed by atoms with Crippen LogP contribution in [0.15, 0.2) is 71.4 Å². The van der Waals surface area contributed by atoms with Crippen molar-refractivity contribution in [2.24, 2.45) is 4.99 Å². The third-order valence-electron chi connectivity index (χ3n) is 3.99. The van der Waals surface area contributed by atoms with Gasteiger partial charge in [0.15, 0.2) is 0 Å². The SMILES string of the molecule is CN1NOC(=O)/C1=C\C(=NC(=O)c1ccccc1)C(=O)NCc1ccccc1Cl. The van der Waals surface area contributed by atoms with Crippen molar-refractivity contribution in [2.75, 3.05) is 7.05 Å². The van der Waals surface area contributed by atoms with Gasteiger partial charge in [-0.1, -0.05) is 53.6 Å². The van der Waals surface area contributed by atoms with Crippen LogP contribution in [0.25, 0.3) is 0 Å². The number of hydrogen-bond acceptors (Lipinski definition) is 6. The molecule has 148 valence electrons. The lowest BCUT2D eigenvalue weighted by molar-refractivity contribution is -0.142. The number of hydrazine groups is 1. The second-order valence-electron chi connectivity index (χ2n) is 6.01. The molecule has 0 radical (unpaired) electrons. The summed E-state index contributed by atoms with van der Waals surface area (Å²) in [6.45, 7) is 0.124. The van der Waals surface area contributed by atoms with E-state index in [1.807, 2.05) is 0 Å². The molecule has 3 rings (SSSR count). The third-order valence-corrected chi connectivity index (χ3v) is 4.36. The van der Waals surface area contributed by atoms with Crippen molar-refractivity contribution in [3.8, 4) is 0 Å². The van der Waals surface area contributed by atoms with E-state index < -0.39 is 17.8 Å². The number of hydrogen-bond donors (Lipinski definition) is 2. The smallest absolute Gasteiger partial charge is 0.347 e. The lowest BCUT2D eigenvalue weighted by Gasteiger charge is -2.09. The van der Waals surface area contributed by atoms with E-state index in [0.717, 1.165) is 0 Å². The molecule has 1 aliphatic rings. The summed E-state index contributed by atoms with van der Waals surface area (Å²) < 4.78 is 0. The summed E-state index contributed by atoms with van der Waals surface area (Å²) in [5, 5.41) is 4.42. The fourth-order valence-corrected chi connectivity index (χ4v) is 2.65. The number of aliphatic imine (C=N–C) groups is 1. The monoisotopic (exact) mass is 412 g/mol. The molecular formula is C20H17ClN4O4. The highest BCUT2D eigenvalue weighted by molar-refractivity contribution is 6.45. The van der Waals surface area contributed by atoms with Crippen LogP contribution in [0.3, 0.4) is 0 Å². The van der Waals surface area contributed by atoms with Crippen LogP contribution >= 0.6 is 11.6 Å².